The first-order valence-electron chi connectivity index (χ1n) is 5.42. The van der Waals surface area contributed by atoms with Crippen LogP contribution in [0.5, 0.6) is 0 Å². The van der Waals surface area contributed by atoms with Crippen LogP contribution in [0.25, 0.3) is 0 Å². The minimum atomic E-state index is -0.306. The van der Waals surface area contributed by atoms with Crippen molar-refractivity contribution >= 4 is 0 Å². The summed E-state index contributed by atoms with van der Waals surface area (Å²) in [6.45, 7) is 12.3. The molecule has 1 N–H and O–H groups in total. The molecule has 80 valence electrons. The van der Waals surface area contributed by atoms with E-state index < -0.39 is 0 Å². The lowest BCUT2D eigenvalue weighted by molar-refractivity contribution is 0.0289. The maximum atomic E-state index is 9.96. The van der Waals surface area contributed by atoms with Crippen LogP contribution in [0, 0.1) is 11.3 Å². The second-order valence-electron chi connectivity index (χ2n) is 4.80. The van der Waals surface area contributed by atoms with Crippen LogP contribution in [-0.2, 0) is 0 Å². The summed E-state index contributed by atoms with van der Waals surface area (Å²) >= 11 is 0. The van der Waals surface area contributed by atoms with Gasteiger partial charge in [-0.2, -0.15) is 0 Å². The average Bonchev–Trinajstić information content (AvgIpc) is 2.02. The van der Waals surface area contributed by atoms with Crippen molar-refractivity contribution in [2.45, 2.75) is 46.6 Å². The van der Waals surface area contributed by atoms with Gasteiger partial charge in [0, 0.05) is 5.41 Å². The van der Waals surface area contributed by atoms with Gasteiger partial charge in [-0.1, -0.05) is 30.7 Å². The van der Waals surface area contributed by atoms with Crippen LogP contribution in [0.4, 0.5) is 0 Å². The van der Waals surface area contributed by atoms with E-state index in [1.165, 1.54) is 5.57 Å². The average molecular weight is 194 g/mol. The van der Waals surface area contributed by atoms with E-state index in [9.17, 15) is 5.11 Å². The fourth-order valence-electron chi connectivity index (χ4n) is 2.84. The quantitative estimate of drug-likeness (QED) is 0.669. The first-order valence-corrected chi connectivity index (χ1v) is 5.42. The number of aliphatic hydroxyl groups excluding tert-OH is 1. The Labute approximate surface area is 87.5 Å². The zero-order valence-corrected chi connectivity index (χ0v) is 9.80. The van der Waals surface area contributed by atoms with E-state index in [1.54, 1.807) is 0 Å². The van der Waals surface area contributed by atoms with Crippen LogP contribution in [0.2, 0.25) is 0 Å². The topological polar surface area (TPSA) is 20.2 Å². The molecule has 1 nitrogen and oxygen atoms in total. The Hall–Kier alpha value is -0.560. The van der Waals surface area contributed by atoms with Gasteiger partial charge >= 0.3 is 0 Å². The first kappa shape index (κ1) is 11.5. The lowest BCUT2D eigenvalue weighted by Crippen LogP contribution is -2.41. The van der Waals surface area contributed by atoms with Gasteiger partial charge < -0.3 is 5.11 Å². The highest BCUT2D eigenvalue weighted by molar-refractivity contribution is 5.22. The minimum absolute atomic E-state index is 0.0977. The zero-order valence-electron chi connectivity index (χ0n) is 9.80. The molecular formula is C13H22O. The van der Waals surface area contributed by atoms with Gasteiger partial charge in [0.2, 0.25) is 0 Å². The van der Waals surface area contributed by atoms with E-state index in [4.69, 9.17) is 0 Å². The van der Waals surface area contributed by atoms with Crippen LogP contribution in [0.1, 0.15) is 40.5 Å². The standard InChI is InChI=1S/C13H22O/c1-9(2)13(12(5)14)7-6-10(3)8-11(13)4/h8,11-12,14H,1,6-7H2,2-5H3. The molecule has 0 aromatic carbocycles. The minimum Gasteiger partial charge on any atom is -0.392 e. The maximum absolute atomic E-state index is 9.96. The third kappa shape index (κ3) is 1.66. The number of aliphatic hydroxyl groups is 1. The van der Waals surface area contributed by atoms with E-state index >= 15 is 0 Å². The SMILES string of the molecule is C=C(C)C1(C(C)O)CCC(C)=CC1C. The van der Waals surface area contributed by atoms with Crippen molar-refractivity contribution in [1.29, 1.82) is 0 Å². The van der Waals surface area contributed by atoms with E-state index in [2.05, 4.69) is 26.5 Å². The van der Waals surface area contributed by atoms with Crippen LogP contribution in [0.3, 0.4) is 0 Å². The summed E-state index contributed by atoms with van der Waals surface area (Å²) in [5, 5.41) is 9.96. The second kappa shape index (κ2) is 3.90. The van der Waals surface area contributed by atoms with Crippen molar-refractivity contribution in [3.05, 3.63) is 23.8 Å². The molecule has 0 aromatic rings. The van der Waals surface area contributed by atoms with Crippen molar-refractivity contribution in [2.75, 3.05) is 0 Å². The molecule has 0 saturated heterocycles. The summed E-state index contributed by atoms with van der Waals surface area (Å²) in [5.41, 5.74) is 2.46. The van der Waals surface area contributed by atoms with E-state index in [1.807, 2.05) is 13.8 Å². The van der Waals surface area contributed by atoms with E-state index in [-0.39, 0.29) is 11.5 Å². The van der Waals surface area contributed by atoms with Crippen molar-refractivity contribution in [1.82, 2.24) is 0 Å². The summed E-state index contributed by atoms with van der Waals surface area (Å²) in [6.07, 6.45) is 4.09. The van der Waals surface area contributed by atoms with Gasteiger partial charge in [0.25, 0.3) is 0 Å². The van der Waals surface area contributed by atoms with Gasteiger partial charge in [-0.05, 0) is 39.5 Å². The van der Waals surface area contributed by atoms with Crippen molar-refractivity contribution in [3.8, 4) is 0 Å². The molecule has 1 aliphatic rings. The molecule has 0 fully saturated rings. The molecule has 1 heteroatoms. The Bertz CT molecular complexity index is 262. The Morgan fingerprint density at radius 2 is 2.29 bits per heavy atom. The summed E-state index contributed by atoms with van der Waals surface area (Å²) in [7, 11) is 0. The fraction of sp³-hybridized carbons (Fsp3) is 0.692. The fourth-order valence-corrected chi connectivity index (χ4v) is 2.84. The Balaban J connectivity index is 3.07. The predicted octanol–water partition coefficient (Wildman–Crippen LogP) is 3.31. The normalized spacial score (nSPS) is 34.9. The number of hydrogen-bond acceptors (Lipinski definition) is 1. The molecule has 0 aliphatic heterocycles. The molecule has 0 amide bonds. The molecule has 0 radical (unpaired) electrons. The second-order valence-corrected chi connectivity index (χ2v) is 4.80. The number of hydrogen-bond donors (Lipinski definition) is 1. The highest BCUT2D eigenvalue weighted by Crippen LogP contribution is 2.47. The Morgan fingerprint density at radius 3 is 2.64 bits per heavy atom. The van der Waals surface area contributed by atoms with Gasteiger partial charge in [0.05, 0.1) is 6.10 Å². The largest absolute Gasteiger partial charge is 0.392 e. The summed E-state index contributed by atoms with van der Waals surface area (Å²) in [6, 6.07) is 0. The van der Waals surface area contributed by atoms with Gasteiger partial charge in [-0.25, -0.2) is 0 Å². The monoisotopic (exact) mass is 194 g/mol. The first-order chi connectivity index (χ1) is 6.41. The Kier molecular flexibility index (Phi) is 3.20. The highest BCUT2D eigenvalue weighted by atomic mass is 16.3. The molecule has 3 unspecified atom stereocenters. The zero-order chi connectivity index (χ0) is 10.9. The molecule has 1 aliphatic carbocycles. The smallest absolute Gasteiger partial charge is 0.0610 e. The molecule has 1 rings (SSSR count). The summed E-state index contributed by atoms with van der Waals surface area (Å²) in [5.74, 6) is 0.397. The van der Waals surface area contributed by atoms with E-state index in [0.29, 0.717) is 5.92 Å². The van der Waals surface area contributed by atoms with Crippen LogP contribution in [-0.4, -0.2) is 11.2 Å². The van der Waals surface area contributed by atoms with Gasteiger partial charge in [-0.15, -0.1) is 0 Å². The molecule has 0 spiro atoms. The van der Waals surface area contributed by atoms with Gasteiger partial charge in [-0.3, -0.25) is 0 Å². The maximum Gasteiger partial charge on any atom is 0.0610 e. The number of allylic oxidation sites excluding steroid dienone is 2. The molecule has 0 heterocycles. The lowest BCUT2D eigenvalue weighted by Gasteiger charge is -2.44. The van der Waals surface area contributed by atoms with Gasteiger partial charge in [0.15, 0.2) is 0 Å². The molecular weight excluding hydrogens is 172 g/mol. The molecule has 14 heavy (non-hydrogen) atoms. The van der Waals surface area contributed by atoms with E-state index in [0.717, 1.165) is 18.4 Å². The van der Waals surface area contributed by atoms with Crippen LogP contribution >= 0.6 is 0 Å². The van der Waals surface area contributed by atoms with Crippen molar-refractivity contribution in [2.24, 2.45) is 11.3 Å². The van der Waals surface area contributed by atoms with Gasteiger partial charge in [0.1, 0.15) is 0 Å². The Morgan fingerprint density at radius 1 is 1.71 bits per heavy atom. The molecule has 0 bridgehead atoms. The van der Waals surface area contributed by atoms with Crippen molar-refractivity contribution in [3.63, 3.8) is 0 Å². The third-order valence-electron chi connectivity index (χ3n) is 3.82. The lowest BCUT2D eigenvalue weighted by atomic mass is 9.62. The molecule has 0 saturated carbocycles. The van der Waals surface area contributed by atoms with Crippen LogP contribution in [0.15, 0.2) is 23.8 Å². The highest BCUT2D eigenvalue weighted by Gasteiger charge is 2.41. The third-order valence-corrected chi connectivity index (χ3v) is 3.82. The summed E-state index contributed by atoms with van der Waals surface area (Å²) in [4.78, 5) is 0. The van der Waals surface area contributed by atoms with Crippen LogP contribution < -0.4 is 0 Å². The molecule has 3 atom stereocenters. The number of rotatable bonds is 2. The summed E-state index contributed by atoms with van der Waals surface area (Å²) < 4.78 is 0. The molecule has 0 aromatic heterocycles. The van der Waals surface area contributed by atoms with Crippen molar-refractivity contribution < 1.29 is 5.11 Å². The predicted molar refractivity (Wildman–Crippen MR) is 61.1 cm³/mol.